The Bertz CT molecular complexity index is 815. The van der Waals surface area contributed by atoms with Gasteiger partial charge in [0.2, 0.25) is 0 Å². The average Bonchev–Trinajstić information content (AvgIpc) is 3.17. The van der Waals surface area contributed by atoms with Gasteiger partial charge in [0.05, 0.1) is 11.3 Å². The molecule has 150 valence electrons. The van der Waals surface area contributed by atoms with Crippen molar-refractivity contribution in [2.75, 3.05) is 6.61 Å². The first kappa shape index (κ1) is 20.4. The third kappa shape index (κ3) is 5.13. The Morgan fingerprint density at radius 3 is 2.54 bits per heavy atom. The van der Waals surface area contributed by atoms with Crippen molar-refractivity contribution in [3.05, 3.63) is 70.8 Å². The molecule has 0 heterocycles. The van der Waals surface area contributed by atoms with Crippen LogP contribution in [0.4, 0.5) is 13.2 Å². The lowest BCUT2D eigenvalue weighted by Crippen LogP contribution is -2.05. The van der Waals surface area contributed by atoms with Crippen LogP contribution in [-0.2, 0) is 17.6 Å². The molecule has 2 aromatic carbocycles. The van der Waals surface area contributed by atoms with E-state index in [2.05, 4.69) is 17.3 Å². The fourth-order valence-electron chi connectivity index (χ4n) is 3.63. The van der Waals surface area contributed by atoms with E-state index in [-0.39, 0.29) is 13.2 Å². The van der Waals surface area contributed by atoms with Crippen molar-refractivity contribution in [1.29, 1.82) is 0 Å². The summed E-state index contributed by atoms with van der Waals surface area (Å²) >= 11 is 0. The van der Waals surface area contributed by atoms with Gasteiger partial charge in [0.15, 0.2) is 0 Å². The normalized spacial score (nSPS) is 20.4. The molecule has 3 nitrogen and oxygen atoms in total. The van der Waals surface area contributed by atoms with Crippen molar-refractivity contribution >= 4 is 5.71 Å². The van der Waals surface area contributed by atoms with E-state index in [1.54, 1.807) is 13.0 Å². The molecule has 1 aliphatic rings. The van der Waals surface area contributed by atoms with E-state index in [9.17, 15) is 18.3 Å². The molecule has 0 radical (unpaired) electrons. The predicted octanol–water partition coefficient (Wildman–Crippen LogP) is 5.52. The highest BCUT2D eigenvalue weighted by Gasteiger charge is 2.30. The zero-order chi connectivity index (χ0) is 20.1. The molecule has 0 unspecified atom stereocenters. The second-order valence-corrected chi connectivity index (χ2v) is 7.33. The van der Waals surface area contributed by atoms with E-state index in [0.717, 1.165) is 37.0 Å². The van der Waals surface area contributed by atoms with Crippen LogP contribution >= 0.6 is 0 Å². The predicted molar refractivity (Wildman–Crippen MR) is 102 cm³/mol. The maximum absolute atomic E-state index is 12.7. The lowest BCUT2D eigenvalue weighted by molar-refractivity contribution is -0.137. The number of nitrogens with zero attached hydrogens (tertiary/aromatic N) is 1. The Hall–Kier alpha value is -2.34. The fourth-order valence-corrected chi connectivity index (χ4v) is 3.63. The van der Waals surface area contributed by atoms with Crippen molar-refractivity contribution in [3.8, 4) is 0 Å². The minimum absolute atomic E-state index is 0.0238. The van der Waals surface area contributed by atoms with Crippen LogP contribution in [0.5, 0.6) is 0 Å². The van der Waals surface area contributed by atoms with Gasteiger partial charge in [-0.3, -0.25) is 0 Å². The standard InChI is InChI=1S/C22H24F3NO2/c1-15(26-28-14-17-3-2-4-21(12-17)22(23,24)25)18-7-9-19(10-8-18)20-6-5-16(11-20)13-27/h2-4,7-10,12,16,20,27H,5-6,11,13-14H2,1H3/b26-15+/t16-,20+/m0/s1. The molecule has 0 spiro atoms. The Balaban J connectivity index is 1.58. The summed E-state index contributed by atoms with van der Waals surface area (Å²) in [5.41, 5.74) is 2.56. The van der Waals surface area contributed by atoms with E-state index in [1.807, 2.05) is 12.1 Å². The van der Waals surface area contributed by atoms with Crippen molar-refractivity contribution in [2.24, 2.45) is 11.1 Å². The molecule has 0 aromatic heterocycles. The number of benzene rings is 2. The molecule has 1 aliphatic carbocycles. The Kier molecular flexibility index (Phi) is 6.39. The van der Waals surface area contributed by atoms with Crippen molar-refractivity contribution in [1.82, 2.24) is 0 Å². The molecule has 0 amide bonds. The maximum Gasteiger partial charge on any atom is 0.416 e. The van der Waals surface area contributed by atoms with Gasteiger partial charge >= 0.3 is 6.18 Å². The van der Waals surface area contributed by atoms with E-state index >= 15 is 0 Å². The second kappa shape index (κ2) is 8.78. The van der Waals surface area contributed by atoms with Crippen LogP contribution < -0.4 is 0 Å². The Morgan fingerprint density at radius 2 is 1.89 bits per heavy atom. The third-order valence-electron chi connectivity index (χ3n) is 5.29. The number of halogens is 3. The van der Waals surface area contributed by atoms with Crippen LogP contribution in [0, 0.1) is 5.92 Å². The fraction of sp³-hybridized carbons (Fsp3) is 0.409. The molecule has 3 rings (SSSR count). The highest BCUT2D eigenvalue weighted by atomic mass is 19.4. The van der Waals surface area contributed by atoms with Crippen molar-refractivity contribution in [2.45, 2.75) is 44.9 Å². The minimum Gasteiger partial charge on any atom is -0.396 e. The van der Waals surface area contributed by atoms with E-state index in [1.165, 1.54) is 11.6 Å². The molecule has 0 saturated heterocycles. The topological polar surface area (TPSA) is 41.8 Å². The first-order valence-electron chi connectivity index (χ1n) is 9.40. The summed E-state index contributed by atoms with van der Waals surface area (Å²) in [7, 11) is 0. The van der Waals surface area contributed by atoms with E-state index in [4.69, 9.17) is 4.84 Å². The number of rotatable bonds is 6. The van der Waals surface area contributed by atoms with Crippen LogP contribution in [0.3, 0.4) is 0 Å². The summed E-state index contributed by atoms with van der Waals surface area (Å²) in [6.45, 7) is 2.03. The highest BCUT2D eigenvalue weighted by molar-refractivity contribution is 5.98. The van der Waals surface area contributed by atoms with Gasteiger partial charge in [-0.05, 0) is 66.8 Å². The Morgan fingerprint density at radius 1 is 1.14 bits per heavy atom. The smallest absolute Gasteiger partial charge is 0.396 e. The first-order valence-corrected chi connectivity index (χ1v) is 9.40. The van der Waals surface area contributed by atoms with Gasteiger partial charge in [-0.15, -0.1) is 0 Å². The number of hydrogen-bond acceptors (Lipinski definition) is 3. The molecule has 1 fully saturated rings. The van der Waals surface area contributed by atoms with Crippen LogP contribution in [0.1, 0.15) is 54.4 Å². The van der Waals surface area contributed by atoms with Crippen LogP contribution in [0.25, 0.3) is 0 Å². The van der Waals surface area contributed by atoms with E-state index in [0.29, 0.717) is 23.1 Å². The van der Waals surface area contributed by atoms with Crippen molar-refractivity contribution in [3.63, 3.8) is 0 Å². The number of oxime groups is 1. The molecule has 2 aromatic rings. The van der Waals surface area contributed by atoms with Gasteiger partial charge in [-0.1, -0.05) is 41.6 Å². The van der Waals surface area contributed by atoms with Gasteiger partial charge in [0.25, 0.3) is 0 Å². The lowest BCUT2D eigenvalue weighted by atomic mass is 9.95. The summed E-state index contributed by atoms with van der Waals surface area (Å²) < 4.78 is 38.2. The molecular weight excluding hydrogens is 367 g/mol. The highest BCUT2D eigenvalue weighted by Crippen LogP contribution is 2.38. The monoisotopic (exact) mass is 391 g/mol. The summed E-state index contributed by atoms with van der Waals surface area (Å²) in [6.07, 6.45) is -1.19. The first-order chi connectivity index (χ1) is 13.4. The molecule has 1 saturated carbocycles. The number of aliphatic hydroxyl groups excluding tert-OH is 1. The average molecular weight is 391 g/mol. The number of hydrogen-bond donors (Lipinski definition) is 1. The number of aliphatic hydroxyl groups is 1. The summed E-state index contributed by atoms with van der Waals surface area (Å²) in [4.78, 5) is 5.26. The Labute approximate surface area is 162 Å². The largest absolute Gasteiger partial charge is 0.416 e. The molecule has 28 heavy (non-hydrogen) atoms. The van der Waals surface area contributed by atoms with Gasteiger partial charge in [-0.25, -0.2) is 0 Å². The maximum atomic E-state index is 12.7. The van der Waals surface area contributed by atoms with Gasteiger partial charge in [0.1, 0.15) is 6.61 Å². The summed E-state index contributed by atoms with van der Waals surface area (Å²) in [5.74, 6) is 0.887. The molecule has 0 bridgehead atoms. The van der Waals surface area contributed by atoms with Crippen LogP contribution in [0.15, 0.2) is 53.7 Å². The van der Waals surface area contributed by atoms with Gasteiger partial charge in [-0.2, -0.15) is 13.2 Å². The second-order valence-electron chi connectivity index (χ2n) is 7.33. The molecule has 6 heteroatoms. The minimum atomic E-state index is -4.37. The van der Waals surface area contributed by atoms with Gasteiger partial charge < -0.3 is 9.94 Å². The SMILES string of the molecule is C/C(=N\OCc1cccc(C(F)(F)F)c1)c1ccc([C@@H]2CC[C@H](CO)C2)cc1. The molecular formula is C22H24F3NO2. The van der Waals surface area contributed by atoms with Crippen LogP contribution in [-0.4, -0.2) is 17.4 Å². The van der Waals surface area contributed by atoms with E-state index < -0.39 is 11.7 Å². The quantitative estimate of drug-likeness (QED) is 0.520. The zero-order valence-electron chi connectivity index (χ0n) is 15.7. The number of alkyl halides is 3. The molecule has 2 atom stereocenters. The zero-order valence-corrected chi connectivity index (χ0v) is 15.7. The summed E-state index contributed by atoms with van der Waals surface area (Å²) in [5, 5.41) is 13.3. The van der Waals surface area contributed by atoms with Gasteiger partial charge in [0, 0.05) is 6.61 Å². The van der Waals surface area contributed by atoms with Crippen molar-refractivity contribution < 1.29 is 23.1 Å². The molecule has 1 N–H and O–H groups in total. The van der Waals surface area contributed by atoms with Crippen LogP contribution in [0.2, 0.25) is 0 Å². The third-order valence-corrected chi connectivity index (χ3v) is 5.29. The summed E-state index contributed by atoms with van der Waals surface area (Å²) in [6, 6.07) is 13.2. The molecule has 0 aliphatic heterocycles. The lowest BCUT2D eigenvalue weighted by Gasteiger charge is -2.11.